The fourth-order valence-corrected chi connectivity index (χ4v) is 3.04. The molecule has 3 N–H and O–H groups in total. The molecule has 1 aromatic carbocycles. The van der Waals surface area contributed by atoms with Gasteiger partial charge in [-0.15, -0.1) is 11.3 Å². The molecule has 0 amide bonds. The second kappa shape index (κ2) is 3.94. The topological polar surface area (TPSA) is 54.7 Å². The molecule has 0 aliphatic rings. The van der Waals surface area contributed by atoms with Gasteiger partial charge in [-0.25, -0.2) is 4.98 Å². The molecule has 0 fully saturated rings. The molecule has 2 aromatic heterocycles. The monoisotopic (exact) mass is 259 g/mol. The highest BCUT2D eigenvalue weighted by Crippen LogP contribution is 2.35. The number of hydrogen-bond donors (Lipinski definition) is 2. The van der Waals surface area contributed by atoms with Gasteiger partial charge in [0.25, 0.3) is 0 Å². The molecule has 3 nitrogen and oxygen atoms in total. The molecule has 0 bridgehead atoms. The van der Waals surface area contributed by atoms with E-state index >= 15 is 0 Å². The highest BCUT2D eigenvalue weighted by atomic mass is 32.1. The van der Waals surface area contributed by atoms with Gasteiger partial charge in [0.15, 0.2) is 4.77 Å². The lowest BCUT2D eigenvalue weighted by molar-refractivity contribution is 1.20. The van der Waals surface area contributed by atoms with Crippen molar-refractivity contribution in [2.24, 2.45) is 0 Å². The van der Waals surface area contributed by atoms with E-state index in [0.717, 1.165) is 21.3 Å². The van der Waals surface area contributed by atoms with Crippen LogP contribution >= 0.6 is 23.6 Å². The van der Waals surface area contributed by atoms with Crippen LogP contribution < -0.4 is 5.73 Å². The number of H-pyrrole nitrogens is 1. The zero-order chi connectivity index (χ0) is 11.8. The number of fused-ring (bicyclic) bond motifs is 1. The average molecular weight is 259 g/mol. The standard InChI is InChI=1S/C12H9N3S2/c13-10-9-8(7-4-2-1-3-5-7)6-17-11(9)15-12(16)14-10/h1-6H,(H3,13,14,15,16). The number of rotatable bonds is 1. The minimum absolute atomic E-state index is 0.427. The largest absolute Gasteiger partial charge is 0.385 e. The molecule has 0 atom stereocenters. The molecule has 17 heavy (non-hydrogen) atoms. The Balaban J connectivity index is 2.36. The van der Waals surface area contributed by atoms with Crippen LogP contribution in [0, 0.1) is 4.77 Å². The summed E-state index contributed by atoms with van der Waals surface area (Å²) in [6.07, 6.45) is 0. The van der Waals surface area contributed by atoms with Crippen molar-refractivity contribution in [1.82, 2.24) is 9.97 Å². The summed E-state index contributed by atoms with van der Waals surface area (Å²) in [6, 6.07) is 10.1. The van der Waals surface area contributed by atoms with Crippen LogP contribution in [-0.4, -0.2) is 9.97 Å². The molecule has 84 valence electrons. The molecule has 0 radical (unpaired) electrons. The van der Waals surface area contributed by atoms with E-state index in [0.29, 0.717) is 10.6 Å². The number of nitrogens with two attached hydrogens (primary N) is 1. The second-order valence-electron chi connectivity index (χ2n) is 3.65. The van der Waals surface area contributed by atoms with Crippen molar-refractivity contribution >= 4 is 39.6 Å². The molecule has 0 aliphatic carbocycles. The van der Waals surface area contributed by atoms with E-state index in [2.05, 4.69) is 27.5 Å². The summed E-state index contributed by atoms with van der Waals surface area (Å²) in [7, 11) is 0. The van der Waals surface area contributed by atoms with E-state index in [-0.39, 0.29) is 0 Å². The molecule has 2 heterocycles. The second-order valence-corrected chi connectivity index (χ2v) is 4.90. The zero-order valence-electron chi connectivity index (χ0n) is 8.81. The Morgan fingerprint density at radius 1 is 1.24 bits per heavy atom. The first-order valence-corrected chi connectivity index (χ1v) is 6.37. The molecule has 0 spiro atoms. The summed E-state index contributed by atoms with van der Waals surface area (Å²) < 4.78 is 0.427. The zero-order valence-corrected chi connectivity index (χ0v) is 10.4. The maximum absolute atomic E-state index is 5.98. The highest BCUT2D eigenvalue weighted by molar-refractivity contribution is 7.71. The summed E-state index contributed by atoms with van der Waals surface area (Å²) >= 11 is 6.57. The lowest BCUT2D eigenvalue weighted by Crippen LogP contribution is -1.93. The number of nitrogens with zero attached hydrogens (tertiary/aromatic N) is 1. The molecular formula is C12H9N3S2. The van der Waals surface area contributed by atoms with Gasteiger partial charge < -0.3 is 10.7 Å². The van der Waals surface area contributed by atoms with Crippen LogP contribution in [0.4, 0.5) is 5.82 Å². The van der Waals surface area contributed by atoms with Crippen LogP contribution in [0.1, 0.15) is 0 Å². The molecule has 0 unspecified atom stereocenters. The fourth-order valence-electron chi connectivity index (χ4n) is 1.82. The smallest absolute Gasteiger partial charge is 0.199 e. The predicted molar refractivity (Wildman–Crippen MR) is 74.7 cm³/mol. The highest BCUT2D eigenvalue weighted by Gasteiger charge is 2.10. The van der Waals surface area contributed by atoms with E-state index in [9.17, 15) is 0 Å². The number of nitrogen functional groups attached to an aromatic ring is 1. The third-order valence-corrected chi connectivity index (χ3v) is 3.64. The molecule has 0 aliphatic heterocycles. The van der Waals surface area contributed by atoms with Crippen LogP contribution in [0.3, 0.4) is 0 Å². The van der Waals surface area contributed by atoms with Gasteiger partial charge >= 0.3 is 0 Å². The first-order chi connectivity index (χ1) is 8.25. The van der Waals surface area contributed by atoms with Crippen molar-refractivity contribution in [3.05, 3.63) is 40.5 Å². The minimum Gasteiger partial charge on any atom is -0.385 e. The molecule has 0 saturated heterocycles. The van der Waals surface area contributed by atoms with Crippen LogP contribution in [-0.2, 0) is 0 Å². The van der Waals surface area contributed by atoms with Crippen LogP contribution in [0.5, 0.6) is 0 Å². The van der Waals surface area contributed by atoms with E-state index in [1.165, 1.54) is 0 Å². The first-order valence-electron chi connectivity index (χ1n) is 5.08. The lowest BCUT2D eigenvalue weighted by Gasteiger charge is -2.01. The average Bonchev–Trinajstić information content (AvgIpc) is 2.74. The van der Waals surface area contributed by atoms with Gasteiger partial charge in [-0.3, -0.25) is 0 Å². The minimum atomic E-state index is 0.427. The predicted octanol–water partition coefficient (Wildman–Crippen LogP) is 3.60. The van der Waals surface area contributed by atoms with Crippen molar-refractivity contribution in [2.45, 2.75) is 0 Å². The number of thiophene rings is 1. The lowest BCUT2D eigenvalue weighted by atomic mass is 10.1. The Morgan fingerprint density at radius 3 is 2.76 bits per heavy atom. The summed E-state index contributed by atoms with van der Waals surface area (Å²) in [4.78, 5) is 8.06. The SMILES string of the molecule is Nc1[nH]c(=S)nc2scc(-c3ccccc3)c12. The van der Waals surface area contributed by atoms with Gasteiger partial charge in [0.05, 0.1) is 5.39 Å². The number of hydrogen-bond acceptors (Lipinski definition) is 4. The third kappa shape index (κ3) is 1.73. The normalized spacial score (nSPS) is 10.8. The summed E-state index contributed by atoms with van der Waals surface area (Å²) in [5, 5.41) is 3.02. The molecule has 3 aromatic rings. The third-order valence-electron chi connectivity index (χ3n) is 2.57. The number of aromatic amines is 1. The summed E-state index contributed by atoms with van der Waals surface area (Å²) in [5.41, 5.74) is 8.22. The summed E-state index contributed by atoms with van der Waals surface area (Å²) in [5.74, 6) is 0.583. The Kier molecular flexibility index (Phi) is 2.42. The fraction of sp³-hybridized carbons (Fsp3) is 0. The number of aromatic nitrogens is 2. The first kappa shape index (κ1) is 10.4. The van der Waals surface area contributed by atoms with Crippen LogP contribution in [0.2, 0.25) is 0 Å². The number of benzene rings is 1. The van der Waals surface area contributed by atoms with Gasteiger partial charge in [0.2, 0.25) is 0 Å². The number of anilines is 1. The van der Waals surface area contributed by atoms with Gasteiger partial charge in [0, 0.05) is 10.9 Å². The van der Waals surface area contributed by atoms with Gasteiger partial charge in [0.1, 0.15) is 10.6 Å². The molecule has 3 rings (SSSR count). The van der Waals surface area contributed by atoms with Crippen molar-refractivity contribution in [3.8, 4) is 11.1 Å². The van der Waals surface area contributed by atoms with E-state index in [1.807, 2.05) is 18.2 Å². The van der Waals surface area contributed by atoms with Gasteiger partial charge in [-0.05, 0) is 17.8 Å². The van der Waals surface area contributed by atoms with Gasteiger partial charge in [-0.2, -0.15) is 0 Å². The van der Waals surface area contributed by atoms with Gasteiger partial charge in [-0.1, -0.05) is 30.3 Å². The number of nitrogens with one attached hydrogen (secondary N) is 1. The van der Waals surface area contributed by atoms with Crippen molar-refractivity contribution < 1.29 is 0 Å². The van der Waals surface area contributed by atoms with Crippen LogP contribution in [0.25, 0.3) is 21.3 Å². The van der Waals surface area contributed by atoms with E-state index < -0.39 is 0 Å². The Bertz CT molecular complexity index is 728. The molecular weight excluding hydrogens is 250 g/mol. The Morgan fingerprint density at radius 2 is 2.00 bits per heavy atom. The Labute approximate surface area is 107 Å². The maximum atomic E-state index is 5.98. The maximum Gasteiger partial charge on any atom is 0.199 e. The van der Waals surface area contributed by atoms with Crippen molar-refractivity contribution in [1.29, 1.82) is 0 Å². The quantitative estimate of drug-likeness (QED) is 0.656. The van der Waals surface area contributed by atoms with Crippen molar-refractivity contribution in [3.63, 3.8) is 0 Å². The van der Waals surface area contributed by atoms with Crippen LogP contribution in [0.15, 0.2) is 35.7 Å². The van der Waals surface area contributed by atoms with E-state index in [4.69, 9.17) is 18.0 Å². The van der Waals surface area contributed by atoms with Crippen molar-refractivity contribution in [2.75, 3.05) is 5.73 Å². The molecule has 5 heteroatoms. The summed E-state index contributed by atoms with van der Waals surface area (Å²) in [6.45, 7) is 0. The Hall–Kier alpha value is -1.72. The molecule has 0 saturated carbocycles. The van der Waals surface area contributed by atoms with E-state index in [1.54, 1.807) is 11.3 Å².